The molecule has 0 amide bonds. The van der Waals surface area contributed by atoms with Gasteiger partial charge in [-0.3, -0.25) is 0 Å². The third-order valence-electron chi connectivity index (χ3n) is 3.60. The Kier molecular flexibility index (Phi) is 4.91. The zero-order valence-corrected chi connectivity index (χ0v) is 12.4. The molecule has 0 spiro atoms. The van der Waals surface area contributed by atoms with Crippen LogP contribution >= 0.6 is 0 Å². The van der Waals surface area contributed by atoms with Crippen molar-refractivity contribution in [1.29, 1.82) is 0 Å². The lowest BCUT2D eigenvalue weighted by Gasteiger charge is -2.20. The molecule has 1 atom stereocenters. The molecular weight excluding hydrogens is 249 g/mol. The van der Waals surface area contributed by atoms with Gasteiger partial charge in [-0.05, 0) is 61.2 Å². The molecule has 1 N–H and O–H groups in total. The molecule has 0 aliphatic rings. The second-order valence-electron chi connectivity index (χ2n) is 5.30. The van der Waals surface area contributed by atoms with E-state index in [0.29, 0.717) is 0 Å². The van der Waals surface area contributed by atoms with Crippen molar-refractivity contribution >= 4 is 0 Å². The molecule has 0 saturated carbocycles. The molecule has 0 aliphatic heterocycles. The van der Waals surface area contributed by atoms with Crippen molar-refractivity contribution in [3.63, 3.8) is 0 Å². The molecule has 1 unspecified atom stereocenters. The van der Waals surface area contributed by atoms with Crippen LogP contribution in [-0.4, -0.2) is 6.54 Å². The number of benzene rings is 2. The molecule has 0 aromatic heterocycles. The first kappa shape index (κ1) is 14.7. The van der Waals surface area contributed by atoms with E-state index in [1.54, 1.807) is 12.1 Å². The van der Waals surface area contributed by atoms with Crippen LogP contribution in [0.5, 0.6) is 0 Å². The highest BCUT2D eigenvalue weighted by Gasteiger charge is 2.13. The normalized spacial score (nSPS) is 12.4. The van der Waals surface area contributed by atoms with Gasteiger partial charge >= 0.3 is 0 Å². The van der Waals surface area contributed by atoms with E-state index in [9.17, 15) is 4.39 Å². The molecule has 0 saturated heterocycles. The molecule has 0 bridgehead atoms. The van der Waals surface area contributed by atoms with Crippen LogP contribution in [0.4, 0.5) is 4.39 Å². The average Bonchev–Trinajstić information content (AvgIpc) is 2.39. The van der Waals surface area contributed by atoms with Gasteiger partial charge in [0.1, 0.15) is 5.82 Å². The fourth-order valence-electron chi connectivity index (χ4n) is 2.58. The summed E-state index contributed by atoms with van der Waals surface area (Å²) in [6.07, 6.45) is 0.878. The lowest BCUT2D eigenvalue weighted by atomic mass is 9.95. The number of hydrogen-bond donors (Lipinski definition) is 1. The first-order valence-electron chi connectivity index (χ1n) is 7.15. The van der Waals surface area contributed by atoms with Gasteiger partial charge in [-0.1, -0.05) is 37.3 Å². The van der Waals surface area contributed by atoms with Gasteiger partial charge in [0.15, 0.2) is 0 Å². The summed E-state index contributed by atoms with van der Waals surface area (Å²) in [5.74, 6) is -0.160. The Morgan fingerprint density at radius 3 is 2.50 bits per heavy atom. The molecule has 0 fully saturated rings. The van der Waals surface area contributed by atoms with E-state index in [0.717, 1.165) is 24.1 Å². The predicted octanol–water partition coefficient (Wildman–Crippen LogP) is 4.34. The Morgan fingerprint density at radius 1 is 1.10 bits per heavy atom. The second-order valence-corrected chi connectivity index (χ2v) is 5.30. The van der Waals surface area contributed by atoms with Crippen molar-refractivity contribution < 1.29 is 4.39 Å². The van der Waals surface area contributed by atoms with Crippen molar-refractivity contribution in [3.05, 3.63) is 70.5 Å². The highest BCUT2D eigenvalue weighted by Crippen LogP contribution is 2.22. The Morgan fingerprint density at radius 2 is 1.85 bits per heavy atom. The first-order valence-corrected chi connectivity index (χ1v) is 7.15. The molecule has 106 valence electrons. The maximum atomic E-state index is 13.6. The molecule has 0 radical (unpaired) electrons. The quantitative estimate of drug-likeness (QED) is 0.853. The van der Waals surface area contributed by atoms with Gasteiger partial charge in [0.25, 0.3) is 0 Å². The van der Waals surface area contributed by atoms with Gasteiger partial charge in [-0.25, -0.2) is 4.39 Å². The Balaban J connectivity index is 2.29. The number of hydrogen-bond acceptors (Lipinski definition) is 1. The van der Waals surface area contributed by atoms with E-state index in [1.165, 1.54) is 11.1 Å². The lowest BCUT2D eigenvalue weighted by molar-refractivity contribution is 0.541. The molecule has 2 heteroatoms. The summed E-state index contributed by atoms with van der Waals surface area (Å²) in [5, 5.41) is 3.46. The minimum absolute atomic E-state index is 0.149. The Bertz CT molecular complexity index is 557. The Labute approximate surface area is 120 Å². The molecule has 0 aliphatic carbocycles. The standard InChI is InChI=1S/C18H22FN/c1-4-20-18(12-15-8-6-5-7-14(15)3)16-9-13(2)10-17(19)11-16/h5-11,18,20H,4,12H2,1-3H3. The van der Waals surface area contributed by atoms with Crippen LogP contribution < -0.4 is 5.32 Å². The van der Waals surface area contributed by atoms with Crippen molar-refractivity contribution in [2.45, 2.75) is 33.2 Å². The summed E-state index contributed by atoms with van der Waals surface area (Å²) in [6.45, 7) is 7.00. The monoisotopic (exact) mass is 271 g/mol. The minimum Gasteiger partial charge on any atom is -0.310 e. The molecule has 1 nitrogen and oxygen atoms in total. The number of aryl methyl sites for hydroxylation is 2. The average molecular weight is 271 g/mol. The van der Waals surface area contributed by atoms with E-state index in [2.05, 4.69) is 43.4 Å². The zero-order valence-electron chi connectivity index (χ0n) is 12.4. The fraction of sp³-hybridized carbons (Fsp3) is 0.333. The van der Waals surface area contributed by atoms with Gasteiger partial charge < -0.3 is 5.32 Å². The van der Waals surface area contributed by atoms with Gasteiger partial charge in [-0.15, -0.1) is 0 Å². The molecule has 20 heavy (non-hydrogen) atoms. The summed E-state index contributed by atoms with van der Waals surface area (Å²) >= 11 is 0. The summed E-state index contributed by atoms with van der Waals surface area (Å²) in [6, 6.07) is 13.8. The van der Waals surface area contributed by atoms with Crippen LogP contribution in [0.15, 0.2) is 42.5 Å². The predicted molar refractivity (Wildman–Crippen MR) is 82.4 cm³/mol. The maximum absolute atomic E-state index is 13.6. The van der Waals surface area contributed by atoms with Crippen LogP contribution in [0.2, 0.25) is 0 Å². The number of halogens is 1. The third kappa shape index (κ3) is 3.67. The van der Waals surface area contributed by atoms with Crippen LogP contribution in [0.25, 0.3) is 0 Å². The maximum Gasteiger partial charge on any atom is 0.123 e. The first-order chi connectivity index (χ1) is 9.60. The van der Waals surface area contributed by atoms with Crippen molar-refractivity contribution in [3.8, 4) is 0 Å². The van der Waals surface area contributed by atoms with E-state index < -0.39 is 0 Å². The minimum atomic E-state index is -0.160. The van der Waals surface area contributed by atoms with Gasteiger partial charge in [0.2, 0.25) is 0 Å². The van der Waals surface area contributed by atoms with Gasteiger partial charge in [-0.2, -0.15) is 0 Å². The summed E-state index contributed by atoms with van der Waals surface area (Å²) in [7, 11) is 0. The smallest absolute Gasteiger partial charge is 0.123 e. The molecule has 0 heterocycles. The highest BCUT2D eigenvalue weighted by atomic mass is 19.1. The van der Waals surface area contributed by atoms with E-state index in [1.807, 2.05) is 13.0 Å². The van der Waals surface area contributed by atoms with Gasteiger partial charge in [0, 0.05) is 6.04 Å². The summed E-state index contributed by atoms with van der Waals surface area (Å²) in [5.41, 5.74) is 4.57. The number of likely N-dealkylation sites (N-methyl/N-ethyl adjacent to an activating group) is 1. The number of nitrogens with one attached hydrogen (secondary N) is 1. The molecular formula is C18H22FN. The fourth-order valence-corrected chi connectivity index (χ4v) is 2.58. The SMILES string of the molecule is CCNC(Cc1ccccc1C)c1cc(C)cc(F)c1. The van der Waals surface area contributed by atoms with Crippen molar-refractivity contribution in [2.75, 3.05) is 6.54 Å². The van der Waals surface area contributed by atoms with Crippen LogP contribution in [0.1, 0.15) is 35.2 Å². The third-order valence-corrected chi connectivity index (χ3v) is 3.60. The Hall–Kier alpha value is -1.67. The highest BCUT2D eigenvalue weighted by molar-refractivity contribution is 5.31. The van der Waals surface area contributed by atoms with Gasteiger partial charge in [0.05, 0.1) is 0 Å². The van der Waals surface area contributed by atoms with E-state index >= 15 is 0 Å². The van der Waals surface area contributed by atoms with Crippen LogP contribution in [0, 0.1) is 19.7 Å². The van der Waals surface area contributed by atoms with Crippen LogP contribution in [-0.2, 0) is 6.42 Å². The molecule has 2 rings (SSSR count). The number of rotatable bonds is 5. The van der Waals surface area contributed by atoms with Crippen molar-refractivity contribution in [2.24, 2.45) is 0 Å². The molecule has 2 aromatic rings. The second kappa shape index (κ2) is 6.67. The summed E-state index contributed by atoms with van der Waals surface area (Å²) < 4.78 is 13.6. The zero-order chi connectivity index (χ0) is 14.5. The largest absolute Gasteiger partial charge is 0.310 e. The van der Waals surface area contributed by atoms with E-state index in [-0.39, 0.29) is 11.9 Å². The molecule has 2 aromatic carbocycles. The summed E-state index contributed by atoms with van der Waals surface area (Å²) in [4.78, 5) is 0. The van der Waals surface area contributed by atoms with E-state index in [4.69, 9.17) is 0 Å². The lowest BCUT2D eigenvalue weighted by Crippen LogP contribution is -2.23. The van der Waals surface area contributed by atoms with Crippen molar-refractivity contribution in [1.82, 2.24) is 5.32 Å². The topological polar surface area (TPSA) is 12.0 Å². The van der Waals surface area contributed by atoms with Crippen LogP contribution in [0.3, 0.4) is 0 Å².